The summed E-state index contributed by atoms with van der Waals surface area (Å²) in [5.74, 6) is 0.579. The highest BCUT2D eigenvalue weighted by atomic mass is 35.5. The van der Waals surface area contributed by atoms with Crippen molar-refractivity contribution in [3.8, 4) is 11.1 Å². The van der Waals surface area contributed by atoms with Gasteiger partial charge >= 0.3 is 0 Å². The van der Waals surface area contributed by atoms with Gasteiger partial charge in [0.05, 0.1) is 34.2 Å². The van der Waals surface area contributed by atoms with E-state index in [4.69, 9.17) is 16.3 Å². The standard InChI is InChI=1S/C25H25ClN4O3S2/c1-15-4-5-18(12-16(15)2)22-17(3)34-25-23(22)24(27-14-28-25)29-21-13-19(6-7-20(21)26)35(31,32)30-8-10-33-11-9-30/h4-7,12-14H,8-11H2,1-3H3,(H,27,28,29). The lowest BCUT2D eigenvalue weighted by molar-refractivity contribution is 0.0730. The summed E-state index contributed by atoms with van der Waals surface area (Å²) in [6, 6.07) is 11.1. The second kappa shape index (κ2) is 9.48. The van der Waals surface area contributed by atoms with Crippen molar-refractivity contribution in [1.29, 1.82) is 0 Å². The van der Waals surface area contributed by atoms with E-state index in [0.29, 0.717) is 42.8 Å². The van der Waals surface area contributed by atoms with Crippen molar-refractivity contribution in [2.24, 2.45) is 0 Å². The highest BCUT2D eigenvalue weighted by Gasteiger charge is 2.27. The Morgan fingerprint density at radius 2 is 1.80 bits per heavy atom. The summed E-state index contributed by atoms with van der Waals surface area (Å²) in [5.41, 5.74) is 5.05. The minimum Gasteiger partial charge on any atom is -0.379 e. The van der Waals surface area contributed by atoms with Crippen LogP contribution in [0, 0.1) is 20.8 Å². The monoisotopic (exact) mass is 528 g/mol. The van der Waals surface area contributed by atoms with Crippen molar-refractivity contribution in [3.05, 3.63) is 63.8 Å². The molecular weight excluding hydrogens is 504 g/mol. The van der Waals surface area contributed by atoms with Crippen LogP contribution in [0.5, 0.6) is 0 Å². The summed E-state index contributed by atoms with van der Waals surface area (Å²) in [6.45, 7) is 7.68. The first-order valence-corrected chi connectivity index (χ1v) is 13.9. The predicted octanol–water partition coefficient (Wildman–Crippen LogP) is 5.70. The van der Waals surface area contributed by atoms with Gasteiger partial charge in [0.2, 0.25) is 10.0 Å². The van der Waals surface area contributed by atoms with Crippen LogP contribution < -0.4 is 5.32 Å². The van der Waals surface area contributed by atoms with Crippen LogP contribution in [0.3, 0.4) is 0 Å². The van der Waals surface area contributed by atoms with Crippen LogP contribution in [0.4, 0.5) is 11.5 Å². The maximum absolute atomic E-state index is 13.2. The van der Waals surface area contributed by atoms with Crippen LogP contribution in [-0.2, 0) is 14.8 Å². The van der Waals surface area contributed by atoms with Gasteiger partial charge in [-0.1, -0.05) is 29.8 Å². The quantitative estimate of drug-likeness (QED) is 0.357. The molecule has 2 aromatic heterocycles. The Balaban J connectivity index is 1.59. The SMILES string of the molecule is Cc1ccc(-c2c(C)sc3ncnc(Nc4cc(S(=O)(=O)N5CCOCC5)ccc4Cl)c23)cc1C. The number of sulfonamides is 1. The highest BCUT2D eigenvalue weighted by molar-refractivity contribution is 7.89. The van der Waals surface area contributed by atoms with Crippen LogP contribution in [-0.4, -0.2) is 49.0 Å². The van der Waals surface area contributed by atoms with E-state index in [-0.39, 0.29) is 4.90 Å². The number of ether oxygens (including phenoxy) is 1. The summed E-state index contributed by atoms with van der Waals surface area (Å²) in [4.78, 5) is 11.2. The molecular formula is C25H25ClN4O3S2. The molecule has 7 nitrogen and oxygen atoms in total. The number of hydrogen-bond donors (Lipinski definition) is 1. The number of nitrogens with one attached hydrogen (secondary N) is 1. The Morgan fingerprint density at radius 1 is 1.03 bits per heavy atom. The fraction of sp³-hybridized carbons (Fsp3) is 0.280. The van der Waals surface area contributed by atoms with E-state index in [1.54, 1.807) is 23.5 Å². The molecule has 0 spiro atoms. The number of anilines is 2. The van der Waals surface area contributed by atoms with E-state index in [9.17, 15) is 8.42 Å². The fourth-order valence-corrected chi connectivity index (χ4v) is 6.82. The van der Waals surface area contributed by atoms with Crippen molar-refractivity contribution >= 4 is 54.7 Å². The number of rotatable bonds is 5. The molecule has 1 saturated heterocycles. The lowest BCUT2D eigenvalue weighted by Gasteiger charge is -2.26. The minimum absolute atomic E-state index is 0.174. The number of aromatic nitrogens is 2. The Kier molecular flexibility index (Phi) is 6.54. The summed E-state index contributed by atoms with van der Waals surface area (Å²) < 4.78 is 33.1. The van der Waals surface area contributed by atoms with Crippen LogP contribution in [0.25, 0.3) is 21.3 Å². The molecule has 1 aliphatic rings. The molecule has 10 heteroatoms. The van der Waals surface area contributed by atoms with E-state index < -0.39 is 10.0 Å². The van der Waals surface area contributed by atoms with Crippen LogP contribution in [0.2, 0.25) is 5.02 Å². The number of aryl methyl sites for hydroxylation is 3. The number of fused-ring (bicyclic) bond motifs is 1. The molecule has 2 aromatic carbocycles. The zero-order chi connectivity index (χ0) is 24.7. The van der Waals surface area contributed by atoms with E-state index in [0.717, 1.165) is 26.2 Å². The molecule has 0 aliphatic carbocycles. The first kappa shape index (κ1) is 24.1. The summed E-state index contributed by atoms with van der Waals surface area (Å²) in [6.07, 6.45) is 1.51. The number of thiophene rings is 1. The molecule has 1 aliphatic heterocycles. The topological polar surface area (TPSA) is 84.4 Å². The third-order valence-electron chi connectivity index (χ3n) is 6.26. The average Bonchev–Trinajstić information content (AvgIpc) is 3.19. The summed E-state index contributed by atoms with van der Waals surface area (Å²) in [7, 11) is -3.67. The Labute approximate surface area is 213 Å². The van der Waals surface area contributed by atoms with Gasteiger partial charge in [0.15, 0.2) is 0 Å². The number of morpholine rings is 1. The number of nitrogens with zero attached hydrogens (tertiary/aromatic N) is 3. The summed E-state index contributed by atoms with van der Waals surface area (Å²) in [5, 5.41) is 4.58. The first-order valence-electron chi connectivity index (χ1n) is 11.2. The van der Waals surface area contributed by atoms with Gasteiger partial charge < -0.3 is 10.1 Å². The number of benzene rings is 2. The molecule has 1 N–H and O–H groups in total. The molecule has 1 fully saturated rings. The molecule has 0 atom stereocenters. The van der Waals surface area contributed by atoms with Gasteiger partial charge in [-0.05, 0) is 55.7 Å². The van der Waals surface area contributed by atoms with Gasteiger partial charge in [-0.15, -0.1) is 11.3 Å². The van der Waals surface area contributed by atoms with Crippen LogP contribution in [0.1, 0.15) is 16.0 Å². The highest BCUT2D eigenvalue weighted by Crippen LogP contribution is 2.42. The molecule has 0 unspecified atom stereocenters. The number of halogens is 1. The van der Waals surface area contributed by atoms with Gasteiger partial charge in [0.25, 0.3) is 0 Å². The second-order valence-electron chi connectivity index (χ2n) is 8.52. The van der Waals surface area contributed by atoms with Crippen molar-refractivity contribution in [1.82, 2.24) is 14.3 Å². The zero-order valence-electron chi connectivity index (χ0n) is 19.6. The zero-order valence-corrected chi connectivity index (χ0v) is 22.0. The second-order valence-corrected chi connectivity index (χ2v) is 12.1. The van der Waals surface area contributed by atoms with Gasteiger partial charge in [-0.25, -0.2) is 18.4 Å². The van der Waals surface area contributed by atoms with E-state index >= 15 is 0 Å². The Morgan fingerprint density at radius 3 is 2.54 bits per heavy atom. The lowest BCUT2D eigenvalue weighted by atomic mass is 9.99. The van der Waals surface area contributed by atoms with Crippen molar-refractivity contribution in [2.45, 2.75) is 25.7 Å². The van der Waals surface area contributed by atoms with Gasteiger partial charge in [0.1, 0.15) is 17.0 Å². The van der Waals surface area contributed by atoms with E-state index in [1.165, 1.54) is 27.8 Å². The average molecular weight is 529 g/mol. The third kappa shape index (κ3) is 4.54. The molecule has 0 amide bonds. The third-order valence-corrected chi connectivity index (χ3v) is 9.50. The maximum atomic E-state index is 13.2. The largest absolute Gasteiger partial charge is 0.379 e. The van der Waals surface area contributed by atoms with Gasteiger partial charge in [-0.3, -0.25) is 0 Å². The smallest absolute Gasteiger partial charge is 0.243 e. The fourth-order valence-electron chi connectivity index (χ4n) is 4.21. The predicted molar refractivity (Wildman–Crippen MR) is 141 cm³/mol. The molecule has 182 valence electrons. The van der Waals surface area contributed by atoms with E-state index in [1.807, 2.05) is 0 Å². The normalized spacial score (nSPS) is 15.0. The van der Waals surface area contributed by atoms with E-state index in [2.05, 4.69) is 54.3 Å². The molecule has 0 bridgehead atoms. The molecule has 0 radical (unpaired) electrons. The Bertz CT molecular complexity index is 1530. The minimum atomic E-state index is -3.67. The first-order chi connectivity index (χ1) is 16.8. The van der Waals surface area contributed by atoms with Crippen molar-refractivity contribution in [3.63, 3.8) is 0 Å². The molecule has 4 aromatic rings. The van der Waals surface area contributed by atoms with Crippen LogP contribution in [0.15, 0.2) is 47.6 Å². The van der Waals surface area contributed by atoms with Gasteiger partial charge in [0, 0.05) is 23.5 Å². The van der Waals surface area contributed by atoms with Gasteiger partial charge in [-0.2, -0.15) is 4.31 Å². The molecule has 5 rings (SSSR count). The Hall–Kier alpha value is -2.56. The number of hydrogen-bond acceptors (Lipinski definition) is 7. The lowest BCUT2D eigenvalue weighted by Crippen LogP contribution is -2.40. The van der Waals surface area contributed by atoms with Crippen molar-refractivity contribution in [2.75, 3.05) is 31.6 Å². The summed E-state index contributed by atoms with van der Waals surface area (Å²) >= 11 is 8.10. The molecule has 0 saturated carbocycles. The van der Waals surface area contributed by atoms with Crippen molar-refractivity contribution < 1.29 is 13.2 Å². The maximum Gasteiger partial charge on any atom is 0.243 e. The van der Waals surface area contributed by atoms with Crippen LogP contribution >= 0.6 is 22.9 Å². The molecule has 3 heterocycles. The molecule has 35 heavy (non-hydrogen) atoms.